The van der Waals surface area contributed by atoms with Crippen molar-refractivity contribution in [2.75, 3.05) is 6.61 Å². The van der Waals surface area contributed by atoms with Gasteiger partial charge in [-0.2, -0.15) is 5.26 Å². The van der Waals surface area contributed by atoms with Crippen LogP contribution in [0.1, 0.15) is 27.3 Å². The van der Waals surface area contributed by atoms with Crippen molar-refractivity contribution in [2.45, 2.75) is 13.3 Å². The number of aliphatic hydroxyl groups excluding tert-OH is 1. The Balaban J connectivity index is 2.93. The summed E-state index contributed by atoms with van der Waals surface area (Å²) in [5, 5.41) is 28.8. The van der Waals surface area contributed by atoms with E-state index in [1.165, 1.54) is 6.07 Å². The Morgan fingerprint density at radius 3 is 2.61 bits per heavy atom. The van der Waals surface area contributed by atoms with Gasteiger partial charge in [0, 0.05) is 34.2 Å². The molecule has 0 bridgehead atoms. The second-order valence-electron chi connectivity index (χ2n) is 4.78. The first kappa shape index (κ1) is 17.2. The summed E-state index contributed by atoms with van der Waals surface area (Å²) >= 11 is 12.1. The van der Waals surface area contributed by atoms with E-state index in [1.54, 1.807) is 19.1 Å². The molecule has 0 saturated heterocycles. The molecule has 0 unspecified atom stereocenters. The quantitative estimate of drug-likeness (QED) is 0.880. The molecular weight excluding hydrogens is 339 g/mol. The predicted octanol–water partition coefficient (Wildman–Crippen LogP) is 3.47. The summed E-state index contributed by atoms with van der Waals surface area (Å²) in [4.78, 5) is 15.9. The van der Waals surface area contributed by atoms with Gasteiger partial charge in [0.2, 0.25) is 0 Å². The first-order chi connectivity index (χ1) is 10.9. The van der Waals surface area contributed by atoms with Gasteiger partial charge < -0.3 is 10.2 Å². The van der Waals surface area contributed by atoms with Gasteiger partial charge in [0.05, 0.1) is 22.5 Å². The number of nitrogens with zero attached hydrogens (tertiary/aromatic N) is 2. The van der Waals surface area contributed by atoms with Crippen LogP contribution in [0.3, 0.4) is 0 Å². The minimum atomic E-state index is -1.24. The van der Waals surface area contributed by atoms with Gasteiger partial charge in [-0.3, -0.25) is 4.98 Å². The number of carboxylic acids is 1. The van der Waals surface area contributed by atoms with Crippen LogP contribution in [0.4, 0.5) is 0 Å². The van der Waals surface area contributed by atoms with Crippen LogP contribution in [0, 0.1) is 18.3 Å². The number of carboxylic acid groups (broad SMARTS) is 1. The van der Waals surface area contributed by atoms with Gasteiger partial charge in [0.15, 0.2) is 0 Å². The zero-order valence-corrected chi connectivity index (χ0v) is 13.6. The molecule has 0 aliphatic carbocycles. The first-order valence-electron chi connectivity index (χ1n) is 6.63. The van der Waals surface area contributed by atoms with Crippen molar-refractivity contribution in [3.63, 3.8) is 0 Å². The van der Waals surface area contributed by atoms with Crippen LogP contribution >= 0.6 is 23.2 Å². The number of hydrogen-bond acceptors (Lipinski definition) is 4. The van der Waals surface area contributed by atoms with Crippen LogP contribution in [-0.2, 0) is 6.42 Å². The average molecular weight is 351 g/mol. The highest BCUT2D eigenvalue weighted by atomic mass is 35.5. The number of pyridine rings is 1. The average Bonchev–Trinajstić information content (AvgIpc) is 2.46. The maximum atomic E-state index is 11.7. The summed E-state index contributed by atoms with van der Waals surface area (Å²) in [6, 6.07) is 6.60. The molecule has 118 valence electrons. The number of aromatic carboxylic acids is 1. The highest BCUT2D eigenvalue weighted by Crippen LogP contribution is 2.37. The second-order valence-corrected chi connectivity index (χ2v) is 5.63. The number of carbonyl (C=O) groups is 1. The Hall–Kier alpha value is -2.13. The highest BCUT2D eigenvalue weighted by molar-refractivity contribution is 6.36. The molecule has 2 aromatic rings. The first-order valence-corrected chi connectivity index (χ1v) is 7.39. The molecule has 2 N–H and O–H groups in total. The van der Waals surface area contributed by atoms with E-state index in [1.807, 2.05) is 6.07 Å². The van der Waals surface area contributed by atoms with Crippen molar-refractivity contribution in [1.82, 2.24) is 4.98 Å². The SMILES string of the molecule is Cc1nc(CCO)c(C(=O)O)c(-c2ccc(Cl)cc2Cl)c1C#N. The minimum absolute atomic E-state index is 0.0619. The second kappa shape index (κ2) is 6.97. The molecule has 0 aliphatic heterocycles. The molecule has 2 rings (SSSR count). The number of benzene rings is 1. The molecule has 0 fully saturated rings. The van der Waals surface area contributed by atoms with E-state index in [9.17, 15) is 15.2 Å². The Morgan fingerprint density at radius 1 is 1.39 bits per heavy atom. The summed E-state index contributed by atoms with van der Waals surface area (Å²) in [7, 11) is 0. The van der Waals surface area contributed by atoms with Crippen LogP contribution in [-0.4, -0.2) is 27.8 Å². The van der Waals surface area contributed by atoms with E-state index >= 15 is 0 Å². The molecule has 5 nitrogen and oxygen atoms in total. The van der Waals surface area contributed by atoms with Crippen molar-refractivity contribution in [1.29, 1.82) is 5.26 Å². The smallest absolute Gasteiger partial charge is 0.338 e. The molecule has 0 saturated carbocycles. The van der Waals surface area contributed by atoms with Gasteiger partial charge in [-0.25, -0.2) is 4.79 Å². The number of halogens is 2. The largest absolute Gasteiger partial charge is 0.478 e. The molecule has 23 heavy (non-hydrogen) atoms. The van der Waals surface area contributed by atoms with Gasteiger partial charge in [0.25, 0.3) is 0 Å². The summed E-state index contributed by atoms with van der Waals surface area (Å²) in [5.41, 5.74) is 1.16. The zero-order chi connectivity index (χ0) is 17.1. The van der Waals surface area contributed by atoms with Crippen molar-refractivity contribution >= 4 is 29.2 Å². The van der Waals surface area contributed by atoms with Crippen molar-refractivity contribution < 1.29 is 15.0 Å². The number of aryl methyl sites for hydroxylation is 1. The standard InChI is InChI=1S/C16H12Cl2N2O3/c1-8-11(7-19)14(10-3-2-9(17)6-12(10)18)15(16(22)23)13(20-8)4-5-21/h2-3,6,21H,4-5H2,1H3,(H,22,23). The van der Waals surface area contributed by atoms with E-state index in [0.717, 1.165) is 0 Å². The number of rotatable bonds is 4. The van der Waals surface area contributed by atoms with Crippen LogP contribution in [0.25, 0.3) is 11.1 Å². The molecule has 1 aromatic heterocycles. The lowest BCUT2D eigenvalue weighted by Crippen LogP contribution is -2.12. The van der Waals surface area contributed by atoms with Gasteiger partial charge >= 0.3 is 5.97 Å². The molecule has 0 spiro atoms. The molecule has 0 aliphatic rings. The fourth-order valence-electron chi connectivity index (χ4n) is 2.38. The lowest BCUT2D eigenvalue weighted by molar-refractivity contribution is 0.0695. The Labute approximate surface area is 142 Å². The van der Waals surface area contributed by atoms with Crippen LogP contribution in [0.2, 0.25) is 10.0 Å². The fourth-order valence-corrected chi connectivity index (χ4v) is 2.88. The third kappa shape index (κ3) is 3.30. The summed E-state index contributed by atoms with van der Waals surface area (Å²) < 4.78 is 0. The lowest BCUT2D eigenvalue weighted by atomic mass is 9.92. The van der Waals surface area contributed by atoms with Crippen molar-refractivity contribution in [2.24, 2.45) is 0 Å². The van der Waals surface area contributed by atoms with Crippen molar-refractivity contribution in [3.8, 4) is 17.2 Å². The highest BCUT2D eigenvalue weighted by Gasteiger charge is 2.25. The zero-order valence-electron chi connectivity index (χ0n) is 12.1. The maximum Gasteiger partial charge on any atom is 0.338 e. The van der Waals surface area contributed by atoms with E-state index in [0.29, 0.717) is 16.3 Å². The Kier molecular flexibility index (Phi) is 5.22. The summed E-state index contributed by atoms with van der Waals surface area (Å²) in [5.74, 6) is -1.24. The van der Waals surface area contributed by atoms with Crippen molar-refractivity contribution in [3.05, 3.63) is 50.8 Å². The number of hydrogen-bond donors (Lipinski definition) is 2. The summed E-state index contributed by atoms with van der Waals surface area (Å²) in [6.07, 6.45) is 0.0619. The molecular formula is C16H12Cl2N2O3. The Bertz CT molecular complexity index is 829. The van der Waals surface area contributed by atoms with Crippen LogP contribution in [0.15, 0.2) is 18.2 Å². The topological polar surface area (TPSA) is 94.2 Å². The third-order valence-corrected chi connectivity index (χ3v) is 3.88. The molecule has 0 atom stereocenters. The molecule has 1 heterocycles. The number of aliphatic hydroxyl groups is 1. The van der Waals surface area contributed by atoms with E-state index in [-0.39, 0.29) is 40.4 Å². The van der Waals surface area contributed by atoms with Gasteiger partial charge in [0.1, 0.15) is 6.07 Å². The molecule has 0 amide bonds. The van der Waals surface area contributed by atoms with E-state index < -0.39 is 5.97 Å². The summed E-state index contributed by atoms with van der Waals surface area (Å²) in [6.45, 7) is 1.35. The fraction of sp³-hybridized carbons (Fsp3) is 0.188. The molecule has 7 heteroatoms. The van der Waals surface area contributed by atoms with Gasteiger partial charge in [-0.1, -0.05) is 29.3 Å². The minimum Gasteiger partial charge on any atom is -0.478 e. The predicted molar refractivity (Wildman–Crippen MR) is 86.9 cm³/mol. The van der Waals surface area contributed by atoms with Crippen LogP contribution < -0.4 is 0 Å². The number of aromatic nitrogens is 1. The number of nitriles is 1. The normalized spacial score (nSPS) is 10.4. The van der Waals surface area contributed by atoms with Gasteiger partial charge in [-0.15, -0.1) is 0 Å². The monoisotopic (exact) mass is 350 g/mol. The lowest BCUT2D eigenvalue weighted by Gasteiger charge is -2.15. The van der Waals surface area contributed by atoms with Gasteiger partial charge in [-0.05, 0) is 19.1 Å². The Morgan fingerprint density at radius 2 is 2.09 bits per heavy atom. The molecule has 1 aromatic carbocycles. The van der Waals surface area contributed by atoms with Crippen LogP contribution in [0.5, 0.6) is 0 Å². The maximum absolute atomic E-state index is 11.7. The third-order valence-electron chi connectivity index (χ3n) is 3.33. The van der Waals surface area contributed by atoms with E-state index in [2.05, 4.69) is 4.98 Å². The van der Waals surface area contributed by atoms with E-state index in [4.69, 9.17) is 28.3 Å². The molecule has 0 radical (unpaired) electrons.